The normalized spacial score (nSPS) is 11.6. The van der Waals surface area contributed by atoms with Gasteiger partial charge in [-0.2, -0.15) is 0 Å². The summed E-state index contributed by atoms with van der Waals surface area (Å²) >= 11 is 0. The van der Waals surface area contributed by atoms with Gasteiger partial charge in [-0.3, -0.25) is 0 Å². The fourth-order valence-corrected chi connectivity index (χ4v) is 8.52. The van der Waals surface area contributed by atoms with E-state index in [1.165, 1.54) is 49.3 Å². The van der Waals surface area contributed by atoms with Gasteiger partial charge in [0.2, 0.25) is 0 Å². The first-order valence-electron chi connectivity index (χ1n) is 18.8. The summed E-state index contributed by atoms with van der Waals surface area (Å²) in [6.45, 7) is 0. The Morgan fingerprint density at radius 2 is 1.05 bits per heavy atom. The van der Waals surface area contributed by atoms with Crippen molar-refractivity contribution in [2.75, 3.05) is 4.90 Å². The zero-order valence-electron chi connectivity index (χ0n) is 29.9. The van der Waals surface area contributed by atoms with Crippen LogP contribution in [0.3, 0.4) is 0 Å². The summed E-state index contributed by atoms with van der Waals surface area (Å²) in [5.74, 6) is 0. The van der Waals surface area contributed by atoms with Crippen LogP contribution in [0.4, 0.5) is 17.1 Å². The van der Waals surface area contributed by atoms with E-state index in [1.54, 1.807) is 0 Å². The second-order valence-corrected chi connectivity index (χ2v) is 14.1. The van der Waals surface area contributed by atoms with Crippen molar-refractivity contribution in [2.24, 2.45) is 0 Å². The highest BCUT2D eigenvalue weighted by molar-refractivity contribution is 6.23. The lowest BCUT2D eigenvalue weighted by Gasteiger charge is -2.27. The Morgan fingerprint density at radius 1 is 0.400 bits per heavy atom. The SMILES string of the molecule is c1ccc(-c2ccc(N(c3ccc4c(c3)oc3ccc5cccc(-c6ccccc6)c5c34)c3cccc4c5ccccc5n(-c5ccccc5)c34)cc2)cc1. The number of para-hydroxylation sites is 3. The summed E-state index contributed by atoms with van der Waals surface area (Å²) in [6, 6.07) is 73.8. The maximum atomic E-state index is 6.79. The third-order valence-corrected chi connectivity index (χ3v) is 11.0. The third-order valence-electron chi connectivity index (χ3n) is 11.0. The quantitative estimate of drug-likeness (QED) is 0.172. The molecule has 2 heterocycles. The second-order valence-electron chi connectivity index (χ2n) is 14.1. The molecule has 0 bridgehead atoms. The molecule has 0 spiro atoms. The maximum Gasteiger partial charge on any atom is 0.137 e. The van der Waals surface area contributed by atoms with Crippen LogP contribution in [0.1, 0.15) is 0 Å². The predicted octanol–water partition coefficient (Wildman–Crippen LogP) is 14.6. The van der Waals surface area contributed by atoms with Gasteiger partial charge in [-0.15, -0.1) is 0 Å². The summed E-state index contributed by atoms with van der Waals surface area (Å²) in [7, 11) is 0. The van der Waals surface area contributed by atoms with Crippen molar-refractivity contribution in [3.05, 3.63) is 206 Å². The zero-order chi connectivity index (χ0) is 36.3. The van der Waals surface area contributed by atoms with Crippen LogP contribution >= 0.6 is 0 Å². The number of furan rings is 1. The van der Waals surface area contributed by atoms with Crippen LogP contribution in [-0.4, -0.2) is 4.57 Å². The fourth-order valence-electron chi connectivity index (χ4n) is 8.52. The molecule has 0 N–H and O–H groups in total. The average molecular weight is 703 g/mol. The van der Waals surface area contributed by atoms with Crippen molar-refractivity contribution in [3.63, 3.8) is 0 Å². The van der Waals surface area contributed by atoms with Crippen molar-refractivity contribution < 1.29 is 4.42 Å². The summed E-state index contributed by atoms with van der Waals surface area (Å²) in [6.07, 6.45) is 0. The molecule has 0 aliphatic rings. The van der Waals surface area contributed by atoms with E-state index in [4.69, 9.17) is 4.42 Å². The van der Waals surface area contributed by atoms with Crippen molar-refractivity contribution in [2.45, 2.75) is 0 Å². The van der Waals surface area contributed by atoms with E-state index in [0.29, 0.717) is 0 Å². The molecule has 258 valence electrons. The molecule has 0 aliphatic carbocycles. The minimum absolute atomic E-state index is 0.851. The standard InChI is InChI=1S/C52H34N2O/c1-4-14-35(15-5-1)36-26-29-40(30-27-36)53(47-25-13-23-44-43-21-10-11-24-46(43)54(52(44)47)39-19-8-3-9-20-39)41-31-32-45-49(34-41)55-48-33-28-38-18-12-22-42(50(38)51(45)48)37-16-6-2-7-17-37/h1-34H. The number of nitrogens with zero attached hydrogens (tertiary/aromatic N) is 2. The summed E-state index contributed by atoms with van der Waals surface area (Å²) < 4.78 is 9.19. The zero-order valence-corrected chi connectivity index (χ0v) is 29.9. The number of benzene rings is 9. The van der Waals surface area contributed by atoms with Crippen LogP contribution in [0.5, 0.6) is 0 Å². The molecular weight excluding hydrogens is 669 g/mol. The Labute approximate surface area is 318 Å². The number of hydrogen-bond acceptors (Lipinski definition) is 2. The molecule has 9 aromatic carbocycles. The smallest absolute Gasteiger partial charge is 0.137 e. The van der Waals surface area contributed by atoms with E-state index < -0.39 is 0 Å². The van der Waals surface area contributed by atoms with Gasteiger partial charge in [0.05, 0.1) is 16.7 Å². The number of aromatic nitrogens is 1. The van der Waals surface area contributed by atoms with Gasteiger partial charge in [-0.25, -0.2) is 0 Å². The van der Waals surface area contributed by atoms with Crippen molar-refractivity contribution >= 4 is 71.6 Å². The van der Waals surface area contributed by atoms with E-state index >= 15 is 0 Å². The minimum Gasteiger partial charge on any atom is -0.456 e. The van der Waals surface area contributed by atoms with Crippen molar-refractivity contribution in [1.29, 1.82) is 0 Å². The Balaban J connectivity index is 1.17. The molecule has 0 saturated carbocycles. The van der Waals surface area contributed by atoms with E-state index in [9.17, 15) is 0 Å². The van der Waals surface area contributed by atoms with Gasteiger partial charge >= 0.3 is 0 Å². The molecule has 0 radical (unpaired) electrons. The first-order chi connectivity index (χ1) is 27.3. The Hall–Kier alpha value is -7.36. The van der Waals surface area contributed by atoms with Gasteiger partial charge in [-0.05, 0) is 82.2 Å². The Kier molecular flexibility index (Phi) is 7.17. The molecule has 3 heteroatoms. The van der Waals surface area contributed by atoms with E-state index in [-0.39, 0.29) is 0 Å². The van der Waals surface area contributed by atoms with Crippen LogP contribution in [0.15, 0.2) is 211 Å². The van der Waals surface area contributed by atoms with E-state index in [1.807, 2.05) is 0 Å². The first-order valence-corrected chi connectivity index (χ1v) is 18.8. The first kappa shape index (κ1) is 31.2. The van der Waals surface area contributed by atoms with Gasteiger partial charge in [0.15, 0.2) is 0 Å². The Bertz CT molecular complexity index is 3180. The monoisotopic (exact) mass is 702 g/mol. The highest BCUT2D eigenvalue weighted by Gasteiger charge is 2.23. The third kappa shape index (κ3) is 5.05. The molecule has 0 fully saturated rings. The van der Waals surface area contributed by atoms with Gasteiger partial charge < -0.3 is 13.9 Å². The van der Waals surface area contributed by atoms with Gasteiger partial charge in [-0.1, -0.05) is 146 Å². The van der Waals surface area contributed by atoms with E-state index in [2.05, 4.69) is 216 Å². The van der Waals surface area contributed by atoms with Crippen LogP contribution < -0.4 is 4.90 Å². The number of anilines is 3. The van der Waals surface area contributed by atoms with E-state index in [0.717, 1.165) is 50.2 Å². The van der Waals surface area contributed by atoms with Crippen LogP contribution in [0, 0.1) is 0 Å². The lowest BCUT2D eigenvalue weighted by Crippen LogP contribution is -2.11. The highest BCUT2D eigenvalue weighted by atomic mass is 16.3. The van der Waals surface area contributed by atoms with Crippen molar-refractivity contribution in [3.8, 4) is 27.9 Å². The Morgan fingerprint density at radius 3 is 1.85 bits per heavy atom. The van der Waals surface area contributed by atoms with Gasteiger partial charge in [0.1, 0.15) is 11.2 Å². The van der Waals surface area contributed by atoms with Crippen LogP contribution in [0.2, 0.25) is 0 Å². The summed E-state index contributed by atoms with van der Waals surface area (Å²) in [5.41, 5.74) is 13.1. The number of fused-ring (bicyclic) bond motifs is 8. The van der Waals surface area contributed by atoms with Gasteiger partial charge in [0, 0.05) is 50.1 Å². The molecule has 0 atom stereocenters. The highest BCUT2D eigenvalue weighted by Crippen LogP contribution is 2.46. The molecule has 11 aromatic rings. The molecule has 11 rings (SSSR count). The number of hydrogen-bond donors (Lipinski definition) is 0. The topological polar surface area (TPSA) is 21.3 Å². The lowest BCUT2D eigenvalue weighted by atomic mass is 9.94. The molecule has 0 unspecified atom stereocenters. The summed E-state index contributed by atoms with van der Waals surface area (Å²) in [5, 5.41) is 7.07. The maximum absolute atomic E-state index is 6.79. The summed E-state index contributed by atoms with van der Waals surface area (Å²) in [4.78, 5) is 2.38. The van der Waals surface area contributed by atoms with Crippen molar-refractivity contribution in [1.82, 2.24) is 4.57 Å². The molecule has 3 nitrogen and oxygen atoms in total. The molecule has 0 aliphatic heterocycles. The lowest BCUT2D eigenvalue weighted by molar-refractivity contribution is 0.669. The molecule has 0 saturated heterocycles. The predicted molar refractivity (Wildman–Crippen MR) is 231 cm³/mol. The molecule has 2 aromatic heterocycles. The minimum atomic E-state index is 0.851. The number of rotatable bonds is 6. The van der Waals surface area contributed by atoms with Gasteiger partial charge in [0.25, 0.3) is 0 Å². The average Bonchev–Trinajstić information content (AvgIpc) is 3.81. The van der Waals surface area contributed by atoms with Crippen LogP contribution in [-0.2, 0) is 0 Å². The van der Waals surface area contributed by atoms with Crippen LogP contribution in [0.25, 0.3) is 82.5 Å². The molecule has 55 heavy (non-hydrogen) atoms. The second kappa shape index (κ2) is 12.6. The largest absolute Gasteiger partial charge is 0.456 e. The molecular formula is C52H34N2O. The fraction of sp³-hybridized carbons (Fsp3) is 0. The molecule has 0 amide bonds.